The number of nitrogens with two attached hydrogens (primary N) is 2. The molecule has 17 heavy (non-hydrogen) atoms. The van der Waals surface area contributed by atoms with Crippen molar-refractivity contribution in [2.45, 2.75) is 18.9 Å². The van der Waals surface area contributed by atoms with Gasteiger partial charge in [0, 0.05) is 6.04 Å². The van der Waals surface area contributed by atoms with E-state index in [0.29, 0.717) is 12.1 Å². The molecule has 0 aromatic heterocycles. The van der Waals surface area contributed by atoms with Crippen molar-refractivity contribution in [3.8, 4) is 0 Å². The molecule has 0 saturated heterocycles. The van der Waals surface area contributed by atoms with Gasteiger partial charge in [-0.2, -0.15) is 0 Å². The molecule has 0 spiro atoms. The Hall–Kier alpha value is -1.10. The lowest BCUT2D eigenvalue weighted by atomic mass is 9.97. The van der Waals surface area contributed by atoms with Gasteiger partial charge in [-0.05, 0) is 31.0 Å². The minimum atomic E-state index is -0.348. The van der Waals surface area contributed by atoms with E-state index in [1.165, 1.54) is 7.11 Å². The molecule has 0 radical (unpaired) electrons. The minimum Gasteiger partial charge on any atom is -0.465 e. The predicted molar refractivity (Wildman–Crippen MR) is 70.2 cm³/mol. The number of ether oxygens (including phenoxy) is 1. The van der Waals surface area contributed by atoms with Gasteiger partial charge in [-0.1, -0.05) is 18.2 Å². The Morgan fingerprint density at radius 2 is 2.06 bits per heavy atom. The highest BCUT2D eigenvalue weighted by Gasteiger charge is 2.15. The highest BCUT2D eigenvalue weighted by Crippen LogP contribution is 2.20. The summed E-state index contributed by atoms with van der Waals surface area (Å²) in [5, 5.41) is 0. The number of hydrogen-bond acceptors (Lipinski definition) is 4. The van der Waals surface area contributed by atoms with Crippen LogP contribution in [0, 0.1) is 0 Å². The van der Waals surface area contributed by atoms with Gasteiger partial charge in [0.1, 0.15) is 0 Å². The first-order valence-electron chi connectivity index (χ1n) is 5.33. The zero-order valence-corrected chi connectivity index (χ0v) is 10.7. The molecular formula is C12H19ClN2O2. The molecule has 0 saturated carbocycles. The Morgan fingerprint density at radius 1 is 1.41 bits per heavy atom. The number of benzene rings is 1. The number of esters is 1. The van der Waals surface area contributed by atoms with E-state index in [4.69, 9.17) is 16.2 Å². The highest BCUT2D eigenvalue weighted by molar-refractivity contribution is 5.91. The van der Waals surface area contributed by atoms with Crippen molar-refractivity contribution in [1.82, 2.24) is 0 Å². The Morgan fingerprint density at radius 3 is 2.65 bits per heavy atom. The van der Waals surface area contributed by atoms with Crippen LogP contribution in [0.5, 0.6) is 0 Å². The Bertz CT molecular complexity index is 358. The monoisotopic (exact) mass is 258 g/mol. The SMILES string of the molecule is COC(=O)c1ccccc1[C@H](N)CCCN.Cl. The average molecular weight is 259 g/mol. The topological polar surface area (TPSA) is 78.3 Å². The summed E-state index contributed by atoms with van der Waals surface area (Å²) in [6.45, 7) is 0.605. The zero-order chi connectivity index (χ0) is 12.0. The molecule has 4 N–H and O–H groups in total. The molecule has 0 fully saturated rings. The number of rotatable bonds is 5. The fourth-order valence-corrected chi connectivity index (χ4v) is 1.61. The molecule has 1 aromatic rings. The third-order valence-electron chi connectivity index (χ3n) is 2.48. The fourth-order valence-electron chi connectivity index (χ4n) is 1.61. The normalized spacial score (nSPS) is 11.5. The van der Waals surface area contributed by atoms with Gasteiger partial charge in [0.15, 0.2) is 0 Å². The van der Waals surface area contributed by atoms with Crippen molar-refractivity contribution in [3.05, 3.63) is 35.4 Å². The van der Waals surface area contributed by atoms with E-state index in [0.717, 1.165) is 18.4 Å². The van der Waals surface area contributed by atoms with Crippen molar-refractivity contribution >= 4 is 18.4 Å². The standard InChI is InChI=1S/C12H18N2O2.ClH/c1-16-12(15)10-6-3-2-5-9(10)11(14)7-4-8-13;/h2-3,5-6,11H,4,7-8,13-14H2,1H3;1H/t11-;/m1./s1. The first-order chi connectivity index (χ1) is 7.70. The summed E-state index contributed by atoms with van der Waals surface area (Å²) in [5.74, 6) is -0.348. The van der Waals surface area contributed by atoms with Crippen LogP contribution in [0.3, 0.4) is 0 Å². The lowest BCUT2D eigenvalue weighted by Crippen LogP contribution is -2.17. The summed E-state index contributed by atoms with van der Waals surface area (Å²) in [6.07, 6.45) is 1.61. The van der Waals surface area contributed by atoms with Crippen LogP contribution in [0.2, 0.25) is 0 Å². The molecule has 0 aliphatic carbocycles. The van der Waals surface area contributed by atoms with Crippen LogP contribution in [-0.2, 0) is 4.74 Å². The predicted octanol–water partition coefficient (Wildman–Crippen LogP) is 1.63. The Kier molecular flexibility index (Phi) is 7.54. The molecule has 0 aliphatic heterocycles. The van der Waals surface area contributed by atoms with Gasteiger partial charge in [0.05, 0.1) is 12.7 Å². The van der Waals surface area contributed by atoms with E-state index < -0.39 is 0 Å². The third kappa shape index (κ3) is 4.34. The van der Waals surface area contributed by atoms with E-state index in [9.17, 15) is 4.79 Å². The molecular weight excluding hydrogens is 240 g/mol. The first-order valence-corrected chi connectivity index (χ1v) is 5.33. The van der Waals surface area contributed by atoms with Crippen molar-refractivity contribution in [2.24, 2.45) is 11.5 Å². The van der Waals surface area contributed by atoms with Gasteiger partial charge in [0.25, 0.3) is 0 Å². The number of carbonyl (C=O) groups excluding carboxylic acids is 1. The van der Waals surface area contributed by atoms with Gasteiger partial charge in [-0.25, -0.2) is 4.79 Å². The van der Waals surface area contributed by atoms with Crippen molar-refractivity contribution in [1.29, 1.82) is 0 Å². The zero-order valence-electron chi connectivity index (χ0n) is 9.89. The van der Waals surface area contributed by atoms with Gasteiger partial charge < -0.3 is 16.2 Å². The third-order valence-corrected chi connectivity index (χ3v) is 2.48. The summed E-state index contributed by atoms with van der Waals surface area (Å²) < 4.78 is 4.71. The number of hydrogen-bond donors (Lipinski definition) is 2. The van der Waals surface area contributed by atoms with Crippen LogP contribution in [0.4, 0.5) is 0 Å². The van der Waals surface area contributed by atoms with Crippen LogP contribution >= 0.6 is 12.4 Å². The summed E-state index contributed by atoms with van der Waals surface area (Å²) in [6, 6.07) is 7.07. The van der Waals surface area contributed by atoms with Gasteiger partial charge in [-0.15, -0.1) is 12.4 Å². The van der Waals surface area contributed by atoms with Crippen molar-refractivity contribution in [3.63, 3.8) is 0 Å². The van der Waals surface area contributed by atoms with Crippen LogP contribution in [0.1, 0.15) is 34.8 Å². The van der Waals surface area contributed by atoms with E-state index >= 15 is 0 Å². The van der Waals surface area contributed by atoms with E-state index in [1.807, 2.05) is 12.1 Å². The number of halogens is 1. The molecule has 1 aromatic carbocycles. The second-order valence-electron chi connectivity index (χ2n) is 3.62. The maximum atomic E-state index is 11.5. The summed E-state index contributed by atoms with van der Waals surface area (Å²) in [5.41, 5.74) is 12.8. The van der Waals surface area contributed by atoms with Crippen molar-refractivity contribution in [2.75, 3.05) is 13.7 Å². The molecule has 0 bridgehead atoms. The maximum absolute atomic E-state index is 11.5. The second-order valence-corrected chi connectivity index (χ2v) is 3.62. The smallest absolute Gasteiger partial charge is 0.338 e. The Labute approximate surface area is 108 Å². The molecule has 4 nitrogen and oxygen atoms in total. The molecule has 96 valence electrons. The number of carbonyl (C=O) groups is 1. The van der Waals surface area contributed by atoms with E-state index in [1.54, 1.807) is 12.1 Å². The van der Waals surface area contributed by atoms with Crippen LogP contribution < -0.4 is 11.5 Å². The fraction of sp³-hybridized carbons (Fsp3) is 0.417. The molecule has 0 aliphatic rings. The van der Waals surface area contributed by atoms with Crippen LogP contribution in [-0.4, -0.2) is 19.6 Å². The van der Waals surface area contributed by atoms with E-state index in [2.05, 4.69) is 0 Å². The van der Waals surface area contributed by atoms with Gasteiger partial charge in [0.2, 0.25) is 0 Å². The number of methoxy groups -OCH3 is 1. The molecule has 5 heteroatoms. The molecule has 1 atom stereocenters. The molecule has 0 amide bonds. The van der Waals surface area contributed by atoms with Gasteiger partial charge in [-0.3, -0.25) is 0 Å². The van der Waals surface area contributed by atoms with Crippen molar-refractivity contribution < 1.29 is 9.53 Å². The Balaban J connectivity index is 0.00000256. The summed E-state index contributed by atoms with van der Waals surface area (Å²) >= 11 is 0. The lowest BCUT2D eigenvalue weighted by Gasteiger charge is -2.14. The molecule has 1 rings (SSSR count). The molecule has 0 heterocycles. The molecule has 0 unspecified atom stereocenters. The second kappa shape index (κ2) is 8.06. The van der Waals surface area contributed by atoms with Crippen LogP contribution in [0.15, 0.2) is 24.3 Å². The first kappa shape index (κ1) is 15.9. The van der Waals surface area contributed by atoms with E-state index in [-0.39, 0.29) is 24.4 Å². The average Bonchev–Trinajstić information content (AvgIpc) is 2.35. The highest BCUT2D eigenvalue weighted by atomic mass is 35.5. The lowest BCUT2D eigenvalue weighted by molar-refractivity contribution is 0.0599. The van der Waals surface area contributed by atoms with Crippen LogP contribution in [0.25, 0.3) is 0 Å². The van der Waals surface area contributed by atoms with Gasteiger partial charge >= 0.3 is 5.97 Å². The largest absolute Gasteiger partial charge is 0.465 e. The quantitative estimate of drug-likeness (QED) is 0.787. The summed E-state index contributed by atoms with van der Waals surface area (Å²) in [7, 11) is 1.37. The summed E-state index contributed by atoms with van der Waals surface area (Å²) in [4.78, 5) is 11.5. The minimum absolute atomic E-state index is 0. The maximum Gasteiger partial charge on any atom is 0.338 e.